The average molecular weight is 862 g/mol. The molecule has 12 aromatic rings. The zero-order chi connectivity index (χ0) is 44.8. The molecular weight excluding hydrogens is 815 g/mol. The summed E-state index contributed by atoms with van der Waals surface area (Å²) < 4.78 is 7.00. The summed E-state index contributed by atoms with van der Waals surface area (Å²) in [4.78, 5) is 10.2. The Labute approximate surface area is 388 Å². The summed E-state index contributed by atoms with van der Waals surface area (Å²) >= 11 is 0. The predicted octanol–water partition coefficient (Wildman–Crippen LogP) is 14.0. The van der Waals surface area contributed by atoms with Gasteiger partial charge in [0.25, 0.3) is 0 Å². The van der Waals surface area contributed by atoms with Crippen molar-refractivity contribution in [3.63, 3.8) is 0 Å². The van der Waals surface area contributed by atoms with E-state index < -0.39 is 0 Å². The van der Waals surface area contributed by atoms with E-state index in [-0.39, 0.29) is 11.3 Å². The van der Waals surface area contributed by atoms with E-state index in [9.17, 15) is 0 Å². The van der Waals surface area contributed by atoms with E-state index in [0.717, 1.165) is 39.6 Å². The zero-order valence-corrected chi connectivity index (χ0v) is 37.7. The van der Waals surface area contributed by atoms with Crippen molar-refractivity contribution in [1.82, 2.24) is 23.7 Å². The van der Waals surface area contributed by atoms with Gasteiger partial charge in [-0.25, -0.2) is 9.97 Å². The molecule has 0 spiro atoms. The maximum absolute atomic E-state index is 5.11. The van der Waals surface area contributed by atoms with E-state index in [0.29, 0.717) is 5.95 Å². The minimum Gasteiger partial charge on any atom is -0.309 e. The first-order valence-electron chi connectivity index (χ1n) is 23.3. The third-order valence-electron chi connectivity index (χ3n) is 14.1. The van der Waals surface area contributed by atoms with Crippen LogP contribution in [0, 0.1) is 0 Å². The third-order valence-corrected chi connectivity index (χ3v) is 14.1. The highest BCUT2D eigenvalue weighted by Crippen LogP contribution is 2.39. The average Bonchev–Trinajstić information content (AvgIpc) is 4.01. The van der Waals surface area contributed by atoms with Gasteiger partial charge in [0.2, 0.25) is 5.95 Å². The molecule has 1 atom stereocenters. The van der Waals surface area contributed by atoms with E-state index in [4.69, 9.17) is 9.97 Å². The normalized spacial score (nSPS) is 13.9. The summed E-state index contributed by atoms with van der Waals surface area (Å²) in [6.07, 6.45) is 9.70. The molecule has 0 aliphatic heterocycles. The second-order valence-electron chi connectivity index (χ2n) is 19.1. The molecule has 1 unspecified atom stereocenters. The lowest BCUT2D eigenvalue weighted by atomic mass is 9.86. The Bertz CT molecular complexity index is 4020. The van der Waals surface area contributed by atoms with Gasteiger partial charge >= 0.3 is 0 Å². The molecule has 8 aromatic carbocycles. The molecule has 0 saturated carbocycles. The van der Waals surface area contributed by atoms with Crippen molar-refractivity contribution in [2.45, 2.75) is 38.5 Å². The molecule has 5 nitrogen and oxygen atoms in total. The number of hydrogen-bond acceptors (Lipinski definition) is 2. The van der Waals surface area contributed by atoms with Gasteiger partial charge in [0.05, 0.1) is 32.9 Å². The van der Waals surface area contributed by atoms with E-state index in [1.807, 2.05) is 12.4 Å². The predicted molar refractivity (Wildman–Crippen MR) is 279 cm³/mol. The van der Waals surface area contributed by atoms with Crippen LogP contribution in [0.15, 0.2) is 200 Å². The van der Waals surface area contributed by atoms with Crippen molar-refractivity contribution in [2.75, 3.05) is 0 Å². The van der Waals surface area contributed by atoms with Crippen LogP contribution >= 0.6 is 0 Å². The Kier molecular flexibility index (Phi) is 8.84. The zero-order valence-electron chi connectivity index (χ0n) is 37.7. The lowest BCUT2D eigenvalue weighted by molar-refractivity contribution is 0.590. The Hall–Kier alpha value is -8.28. The first-order valence-corrected chi connectivity index (χ1v) is 23.3. The smallest absolute Gasteiger partial charge is 0.234 e. The molecule has 4 heterocycles. The number of hydrogen-bond donors (Lipinski definition) is 0. The fraction of sp³-hybridized carbons (Fsp3) is 0.0968. The van der Waals surface area contributed by atoms with Gasteiger partial charge in [0.15, 0.2) is 0 Å². The highest BCUT2D eigenvalue weighted by Gasteiger charge is 2.21. The maximum atomic E-state index is 5.11. The number of benzene rings is 8. The number of para-hydroxylation sites is 4. The van der Waals surface area contributed by atoms with Crippen LogP contribution in [0.3, 0.4) is 0 Å². The van der Waals surface area contributed by atoms with Crippen molar-refractivity contribution in [1.29, 1.82) is 0 Å². The van der Waals surface area contributed by atoms with Gasteiger partial charge in [0, 0.05) is 67.4 Å². The molecule has 1 aliphatic carbocycles. The first kappa shape index (κ1) is 39.1. The molecule has 13 rings (SSSR count). The van der Waals surface area contributed by atoms with Gasteiger partial charge < -0.3 is 9.13 Å². The van der Waals surface area contributed by atoms with E-state index in [1.54, 1.807) is 0 Å². The van der Waals surface area contributed by atoms with Crippen LogP contribution in [-0.4, -0.2) is 23.7 Å². The molecule has 1 aliphatic rings. The molecular formula is C62H47N5. The molecule has 4 aromatic heterocycles. The summed E-state index contributed by atoms with van der Waals surface area (Å²) in [6.45, 7) is 6.79. The first-order chi connectivity index (χ1) is 32.9. The van der Waals surface area contributed by atoms with Crippen molar-refractivity contribution in [3.05, 3.63) is 222 Å². The minimum absolute atomic E-state index is 0.102. The minimum atomic E-state index is 0.102. The van der Waals surface area contributed by atoms with Crippen LogP contribution in [0.2, 0.25) is 0 Å². The summed E-state index contributed by atoms with van der Waals surface area (Å²) in [5.41, 5.74) is 15.4. The molecule has 0 amide bonds. The lowest BCUT2D eigenvalue weighted by Crippen LogP contribution is -2.32. The second kappa shape index (κ2) is 15.1. The van der Waals surface area contributed by atoms with Gasteiger partial charge in [-0.3, -0.25) is 4.57 Å². The molecule has 0 radical (unpaired) electrons. The van der Waals surface area contributed by atoms with Crippen LogP contribution in [-0.2, 0) is 5.41 Å². The van der Waals surface area contributed by atoms with Gasteiger partial charge in [-0.2, -0.15) is 0 Å². The van der Waals surface area contributed by atoms with Gasteiger partial charge in [0.1, 0.15) is 0 Å². The Morgan fingerprint density at radius 1 is 0.433 bits per heavy atom. The molecule has 0 N–H and O–H groups in total. The van der Waals surface area contributed by atoms with Crippen LogP contribution in [0.5, 0.6) is 0 Å². The molecule has 67 heavy (non-hydrogen) atoms. The van der Waals surface area contributed by atoms with E-state index in [1.165, 1.54) is 76.6 Å². The number of aromatic nitrogens is 5. The molecule has 320 valence electrons. The fourth-order valence-corrected chi connectivity index (χ4v) is 10.7. The van der Waals surface area contributed by atoms with Gasteiger partial charge in [-0.1, -0.05) is 148 Å². The summed E-state index contributed by atoms with van der Waals surface area (Å²) in [5.74, 6) is 0.898. The highest BCUT2D eigenvalue weighted by atomic mass is 15.1. The quantitative estimate of drug-likeness (QED) is 0.167. The van der Waals surface area contributed by atoms with Crippen molar-refractivity contribution >= 4 is 66.7 Å². The van der Waals surface area contributed by atoms with E-state index in [2.05, 4.69) is 235 Å². The third kappa shape index (κ3) is 6.37. The lowest BCUT2D eigenvalue weighted by Gasteiger charge is -2.19. The molecule has 0 bridgehead atoms. The fourth-order valence-electron chi connectivity index (χ4n) is 10.7. The van der Waals surface area contributed by atoms with Crippen LogP contribution in [0.1, 0.15) is 44.2 Å². The van der Waals surface area contributed by atoms with Gasteiger partial charge in [-0.05, 0) is 112 Å². The number of rotatable bonds is 6. The molecule has 5 heteroatoms. The summed E-state index contributed by atoms with van der Waals surface area (Å²) in [7, 11) is 0. The topological polar surface area (TPSA) is 40.6 Å². The van der Waals surface area contributed by atoms with Crippen molar-refractivity contribution < 1.29 is 0 Å². The van der Waals surface area contributed by atoms with E-state index >= 15 is 0 Å². The Morgan fingerprint density at radius 3 is 1.54 bits per heavy atom. The largest absolute Gasteiger partial charge is 0.309 e. The monoisotopic (exact) mass is 861 g/mol. The Morgan fingerprint density at radius 2 is 0.925 bits per heavy atom. The Balaban J connectivity index is 0.882. The molecule has 0 fully saturated rings. The summed E-state index contributed by atoms with van der Waals surface area (Å²) in [5, 5.41) is 8.54. The summed E-state index contributed by atoms with van der Waals surface area (Å²) in [6, 6.07) is 68.5. The van der Waals surface area contributed by atoms with Crippen molar-refractivity contribution in [2.24, 2.45) is 0 Å². The SMILES string of the molecule is CC(C)(C)c1ccc(-c2ccc3c(c2)c2cc(-c4cnc(-n5c6c(c7ccccc75)=CC(c5ccc7c(c5)c5ccccc5n7-c5ccccc5)CC=6)nc4)ccc2n3-c2ccccc2)cc1. The standard InChI is InChI=1S/C62H47N5/c1-62(2,3)46-28-22-40(23-29-46)41-24-30-58-53(34-41)54-37-44(27-32-59(54)66(58)48-16-8-5-9-17-48)45-38-63-61(64-39-45)67-56-21-13-11-19-50(56)52-36-43(26-33-60(52)67)42-25-31-57-51(35-42)49-18-10-12-20-55(49)65(57)47-14-6-4-7-15-47/h4-25,27-39,43H,26H2,1-3H3. The second-order valence-corrected chi connectivity index (χ2v) is 19.1. The van der Waals surface area contributed by atoms with Crippen LogP contribution in [0.25, 0.3) is 106 Å². The van der Waals surface area contributed by atoms with Gasteiger partial charge in [-0.15, -0.1) is 0 Å². The number of nitrogens with zero attached hydrogens (tertiary/aromatic N) is 5. The van der Waals surface area contributed by atoms with Crippen LogP contribution < -0.4 is 10.6 Å². The molecule has 0 saturated heterocycles. The van der Waals surface area contributed by atoms with Crippen molar-refractivity contribution in [3.8, 4) is 39.6 Å². The number of fused-ring (bicyclic) bond motifs is 9. The highest BCUT2D eigenvalue weighted by molar-refractivity contribution is 6.12. The maximum Gasteiger partial charge on any atom is 0.234 e. The van der Waals surface area contributed by atoms with Crippen LogP contribution in [0.4, 0.5) is 0 Å².